The topological polar surface area (TPSA) is 74.2 Å². The maximum atomic E-state index is 12.8. The van der Waals surface area contributed by atoms with Crippen LogP contribution < -0.4 is 9.47 Å². The summed E-state index contributed by atoms with van der Waals surface area (Å²) in [6.45, 7) is 2.44. The molecule has 0 amide bonds. The van der Waals surface area contributed by atoms with Crippen molar-refractivity contribution < 1.29 is 28.8 Å². The first-order chi connectivity index (χ1) is 16.0. The smallest absolute Gasteiger partial charge is 0.342 e. The zero-order valence-corrected chi connectivity index (χ0v) is 19.7. The van der Waals surface area contributed by atoms with Crippen LogP contribution in [0.25, 0.3) is 6.08 Å². The van der Waals surface area contributed by atoms with Gasteiger partial charge in [0.25, 0.3) is 0 Å². The Kier molecular flexibility index (Phi) is 9.19. The van der Waals surface area contributed by atoms with Crippen molar-refractivity contribution in [2.75, 3.05) is 14.2 Å². The van der Waals surface area contributed by atoms with Crippen LogP contribution in [0.4, 0.5) is 0 Å². The number of benzene rings is 2. The quantitative estimate of drug-likeness (QED) is 0.567. The number of hydrogen-bond donors (Lipinski definition) is 1. The van der Waals surface area contributed by atoms with E-state index in [1.54, 1.807) is 13.2 Å². The minimum absolute atomic E-state index is 0.134. The van der Waals surface area contributed by atoms with Gasteiger partial charge in [-0.1, -0.05) is 24.3 Å². The number of rotatable bonds is 5. The number of allylic oxidation sites excluding steroid dienone is 1. The SMILES string of the molecule is COc1ccc(COC2CCC/C=C/c3cc(OC)cc(O)c3C(=O)OC(C)CCC2)cc1. The highest BCUT2D eigenvalue weighted by Crippen LogP contribution is 2.30. The fourth-order valence-electron chi connectivity index (χ4n) is 3.95. The molecule has 0 saturated carbocycles. The van der Waals surface area contributed by atoms with Crippen molar-refractivity contribution in [1.82, 2.24) is 0 Å². The molecule has 2 aromatic carbocycles. The molecule has 3 rings (SSSR count). The molecule has 0 bridgehead atoms. The van der Waals surface area contributed by atoms with Crippen molar-refractivity contribution >= 4 is 12.0 Å². The third kappa shape index (κ3) is 7.26. The van der Waals surface area contributed by atoms with E-state index < -0.39 is 5.97 Å². The number of esters is 1. The molecule has 33 heavy (non-hydrogen) atoms. The van der Waals surface area contributed by atoms with Crippen molar-refractivity contribution in [3.05, 3.63) is 59.2 Å². The highest BCUT2D eigenvalue weighted by Gasteiger charge is 2.21. The second-order valence-electron chi connectivity index (χ2n) is 8.37. The molecule has 0 spiro atoms. The van der Waals surface area contributed by atoms with Crippen LogP contribution in [0.5, 0.6) is 17.2 Å². The first-order valence-corrected chi connectivity index (χ1v) is 11.5. The van der Waals surface area contributed by atoms with Crippen molar-refractivity contribution in [1.29, 1.82) is 0 Å². The summed E-state index contributed by atoms with van der Waals surface area (Å²) in [5.41, 5.74) is 1.88. The molecule has 1 aliphatic rings. The van der Waals surface area contributed by atoms with Crippen molar-refractivity contribution in [3.63, 3.8) is 0 Å². The Labute approximate surface area is 196 Å². The van der Waals surface area contributed by atoms with Crippen LogP contribution in [0.2, 0.25) is 0 Å². The van der Waals surface area contributed by atoms with Gasteiger partial charge in [0.1, 0.15) is 22.8 Å². The van der Waals surface area contributed by atoms with Gasteiger partial charge in [0.05, 0.1) is 33.0 Å². The molecule has 1 N–H and O–H groups in total. The number of phenols is 1. The molecule has 2 atom stereocenters. The van der Waals surface area contributed by atoms with Crippen LogP contribution in [0.1, 0.15) is 66.9 Å². The Hall–Kier alpha value is -2.99. The van der Waals surface area contributed by atoms with Crippen molar-refractivity contribution in [2.24, 2.45) is 0 Å². The van der Waals surface area contributed by atoms with Gasteiger partial charge in [0, 0.05) is 6.07 Å². The van der Waals surface area contributed by atoms with E-state index in [0.29, 0.717) is 17.9 Å². The number of methoxy groups -OCH3 is 2. The predicted molar refractivity (Wildman–Crippen MR) is 128 cm³/mol. The van der Waals surface area contributed by atoms with Crippen molar-refractivity contribution in [3.8, 4) is 17.2 Å². The van der Waals surface area contributed by atoms with Crippen LogP contribution in [0, 0.1) is 0 Å². The molecular weight excluding hydrogens is 420 g/mol. The van der Waals surface area contributed by atoms with Gasteiger partial charge >= 0.3 is 5.97 Å². The number of cyclic esters (lactones) is 1. The van der Waals surface area contributed by atoms with E-state index >= 15 is 0 Å². The summed E-state index contributed by atoms with van der Waals surface area (Å²) in [6, 6.07) is 11.1. The van der Waals surface area contributed by atoms with Gasteiger partial charge in [0.15, 0.2) is 0 Å². The lowest BCUT2D eigenvalue weighted by molar-refractivity contribution is 0.0186. The van der Waals surface area contributed by atoms with E-state index in [4.69, 9.17) is 18.9 Å². The minimum atomic E-state index is -0.522. The normalized spacial score (nSPS) is 20.8. The van der Waals surface area contributed by atoms with Crippen LogP contribution in [0.15, 0.2) is 42.5 Å². The average Bonchev–Trinajstić information content (AvgIpc) is 2.81. The third-order valence-electron chi connectivity index (χ3n) is 5.85. The molecular formula is C27H34O6. The zero-order valence-electron chi connectivity index (χ0n) is 19.7. The summed E-state index contributed by atoms with van der Waals surface area (Å²) in [6.07, 6.45) is 9.02. The predicted octanol–water partition coefficient (Wildman–Crippen LogP) is 5.91. The van der Waals surface area contributed by atoms with E-state index in [9.17, 15) is 9.90 Å². The summed E-state index contributed by atoms with van der Waals surface area (Å²) in [7, 11) is 3.19. The fourth-order valence-corrected chi connectivity index (χ4v) is 3.95. The monoisotopic (exact) mass is 454 g/mol. The van der Waals surface area contributed by atoms with E-state index in [-0.39, 0.29) is 23.5 Å². The summed E-state index contributed by atoms with van der Waals surface area (Å²) in [4.78, 5) is 12.8. The molecule has 178 valence electrons. The molecule has 0 radical (unpaired) electrons. The van der Waals surface area contributed by atoms with Gasteiger partial charge in [-0.15, -0.1) is 0 Å². The van der Waals surface area contributed by atoms with Crippen LogP contribution in [-0.2, 0) is 16.1 Å². The third-order valence-corrected chi connectivity index (χ3v) is 5.85. The number of hydrogen-bond acceptors (Lipinski definition) is 6. The Bertz CT molecular complexity index is 934. The number of carbonyl (C=O) groups is 1. The van der Waals surface area contributed by atoms with E-state index in [1.165, 1.54) is 13.2 Å². The second-order valence-corrected chi connectivity index (χ2v) is 8.37. The standard InChI is InChI=1S/C27H34O6/c1-19-8-7-11-23(32-18-20-12-14-22(30-2)15-13-20)10-6-4-5-9-21-16-24(31-3)17-25(28)26(21)27(29)33-19/h5,9,12-17,19,23,28H,4,6-8,10-11,18H2,1-3H3/b9-5+. The summed E-state index contributed by atoms with van der Waals surface area (Å²) >= 11 is 0. The molecule has 2 aromatic rings. The van der Waals surface area contributed by atoms with Gasteiger partial charge in [-0.2, -0.15) is 0 Å². The first-order valence-electron chi connectivity index (χ1n) is 11.5. The summed E-state index contributed by atoms with van der Waals surface area (Å²) < 4.78 is 22.3. The molecule has 1 aliphatic heterocycles. The van der Waals surface area contributed by atoms with Gasteiger partial charge in [-0.3, -0.25) is 0 Å². The van der Waals surface area contributed by atoms with Crippen LogP contribution >= 0.6 is 0 Å². The Balaban J connectivity index is 1.69. The highest BCUT2D eigenvalue weighted by molar-refractivity contribution is 5.97. The van der Waals surface area contributed by atoms with E-state index in [0.717, 1.165) is 49.8 Å². The average molecular weight is 455 g/mol. The number of ether oxygens (including phenoxy) is 4. The fraction of sp³-hybridized carbons (Fsp3) is 0.444. The molecule has 0 aromatic heterocycles. The lowest BCUT2D eigenvalue weighted by Gasteiger charge is -2.20. The number of phenolic OH excluding ortho intramolecular Hbond substituents is 1. The van der Waals surface area contributed by atoms with Crippen LogP contribution in [-0.4, -0.2) is 37.5 Å². The van der Waals surface area contributed by atoms with E-state index in [1.807, 2.05) is 43.3 Å². The molecule has 6 heteroatoms. The maximum absolute atomic E-state index is 12.8. The highest BCUT2D eigenvalue weighted by atomic mass is 16.5. The second kappa shape index (κ2) is 12.3. The Morgan fingerprint density at radius 3 is 2.45 bits per heavy atom. The van der Waals surface area contributed by atoms with Gasteiger partial charge in [-0.05, 0) is 74.8 Å². The van der Waals surface area contributed by atoms with Gasteiger partial charge < -0.3 is 24.1 Å². The molecule has 6 nitrogen and oxygen atoms in total. The Morgan fingerprint density at radius 1 is 1.00 bits per heavy atom. The summed E-state index contributed by atoms with van der Waals surface area (Å²) in [5, 5.41) is 10.4. The lowest BCUT2D eigenvalue weighted by Crippen LogP contribution is -2.18. The lowest BCUT2D eigenvalue weighted by atomic mass is 10.0. The summed E-state index contributed by atoms with van der Waals surface area (Å²) in [5.74, 6) is 0.668. The van der Waals surface area contributed by atoms with Crippen molar-refractivity contribution in [2.45, 2.75) is 64.3 Å². The largest absolute Gasteiger partial charge is 0.507 e. The number of aromatic hydroxyl groups is 1. The first kappa shape index (κ1) is 24.6. The minimum Gasteiger partial charge on any atom is -0.507 e. The van der Waals surface area contributed by atoms with Gasteiger partial charge in [-0.25, -0.2) is 4.79 Å². The molecule has 2 unspecified atom stereocenters. The molecule has 1 heterocycles. The molecule has 0 saturated heterocycles. The van der Waals surface area contributed by atoms with Gasteiger partial charge in [0.2, 0.25) is 0 Å². The maximum Gasteiger partial charge on any atom is 0.342 e. The van der Waals surface area contributed by atoms with E-state index in [2.05, 4.69) is 0 Å². The Morgan fingerprint density at radius 2 is 1.73 bits per heavy atom. The molecule has 0 aliphatic carbocycles. The zero-order chi connectivity index (χ0) is 23.6. The number of carbonyl (C=O) groups excluding carboxylic acids is 1. The number of fused-ring (bicyclic) bond motifs is 1. The van der Waals surface area contributed by atoms with Crippen LogP contribution in [0.3, 0.4) is 0 Å². The molecule has 0 fully saturated rings.